The third kappa shape index (κ3) is 4.61. The van der Waals surface area contributed by atoms with E-state index in [-0.39, 0.29) is 19.0 Å². The molecule has 1 aromatic heterocycles. The van der Waals surface area contributed by atoms with Crippen molar-refractivity contribution in [3.8, 4) is 11.3 Å². The quantitative estimate of drug-likeness (QED) is 0.529. The van der Waals surface area contributed by atoms with E-state index in [0.29, 0.717) is 48.0 Å². The van der Waals surface area contributed by atoms with Crippen molar-refractivity contribution in [1.82, 2.24) is 18.5 Å². The van der Waals surface area contributed by atoms with Gasteiger partial charge in [0, 0.05) is 55.2 Å². The molecule has 0 N–H and O–H groups in total. The summed E-state index contributed by atoms with van der Waals surface area (Å²) in [6.45, 7) is 5.69. The summed E-state index contributed by atoms with van der Waals surface area (Å²) in [6.07, 6.45) is 0. The molecule has 1 fully saturated rings. The van der Waals surface area contributed by atoms with E-state index >= 15 is 0 Å². The van der Waals surface area contributed by atoms with Crippen molar-refractivity contribution in [3.63, 3.8) is 0 Å². The van der Waals surface area contributed by atoms with E-state index < -0.39 is 10.2 Å². The van der Waals surface area contributed by atoms with Crippen LogP contribution in [-0.2, 0) is 10.2 Å². The summed E-state index contributed by atoms with van der Waals surface area (Å²) in [5.74, 6) is -0.137. The third-order valence-electron chi connectivity index (χ3n) is 5.98. The minimum absolute atomic E-state index is 0.137. The predicted molar refractivity (Wildman–Crippen MR) is 132 cm³/mol. The maximum atomic E-state index is 13.6. The maximum absolute atomic E-state index is 13.6. The van der Waals surface area contributed by atoms with Crippen LogP contribution in [0.15, 0.2) is 54.6 Å². The first kappa shape index (κ1) is 23.6. The van der Waals surface area contributed by atoms with Crippen LogP contribution in [0.25, 0.3) is 22.2 Å². The molecular formula is C24H27ClN4O3S. The second-order valence-corrected chi connectivity index (χ2v) is 10.2. The van der Waals surface area contributed by atoms with Crippen LogP contribution >= 0.6 is 11.6 Å². The summed E-state index contributed by atoms with van der Waals surface area (Å²) in [6, 6.07) is 16.7. The predicted octanol–water partition coefficient (Wildman–Crippen LogP) is 3.90. The number of halogens is 1. The Labute approximate surface area is 199 Å². The van der Waals surface area contributed by atoms with E-state index in [1.54, 1.807) is 17.0 Å². The number of amides is 1. The average Bonchev–Trinajstić information content (AvgIpc) is 2.84. The number of nitrogens with zero attached hydrogens (tertiary/aromatic N) is 4. The summed E-state index contributed by atoms with van der Waals surface area (Å²) in [4.78, 5) is 20.0. The van der Waals surface area contributed by atoms with Gasteiger partial charge in [-0.15, -0.1) is 0 Å². The fourth-order valence-corrected chi connectivity index (χ4v) is 6.00. The maximum Gasteiger partial charge on any atom is 0.282 e. The Bertz CT molecular complexity index is 1270. The number of para-hydroxylation sites is 1. The number of benzene rings is 2. The second kappa shape index (κ2) is 9.77. The number of hydrogen-bond donors (Lipinski definition) is 0. The van der Waals surface area contributed by atoms with Crippen LogP contribution in [0, 0.1) is 0 Å². The molecule has 33 heavy (non-hydrogen) atoms. The monoisotopic (exact) mass is 486 g/mol. The van der Waals surface area contributed by atoms with Crippen molar-refractivity contribution in [2.75, 3.05) is 39.3 Å². The van der Waals surface area contributed by atoms with E-state index in [9.17, 15) is 13.2 Å². The Kier molecular flexibility index (Phi) is 6.99. The molecule has 2 aromatic carbocycles. The Morgan fingerprint density at radius 3 is 2.30 bits per heavy atom. The first-order valence-electron chi connectivity index (χ1n) is 11.1. The molecular weight excluding hydrogens is 460 g/mol. The van der Waals surface area contributed by atoms with Crippen molar-refractivity contribution in [2.24, 2.45) is 0 Å². The number of carbonyl (C=O) groups excluding carboxylic acids is 1. The summed E-state index contributed by atoms with van der Waals surface area (Å²) in [7, 11) is -3.52. The van der Waals surface area contributed by atoms with Crippen LogP contribution in [0.1, 0.15) is 24.2 Å². The SMILES string of the molecule is CCN(CC)S(=O)(=O)N1CCN(C(=O)c2cc(-c3ccccc3Cl)nc3ccccc23)CC1. The third-order valence-corrected chi connectivity index (χ3v) is 8.50. The molecule has 9 heteroatoms. The molecule has 1 aliphatic heterocycles. The van der Waals surface area contributed by atoms with Crippen molar-refractivity contribution >= 4 is 38.6 Å². The molecule has 0 saturated carbocycles. The molecule has 0 spiro atoms. The van der Waals surface area contributed by atoms with Gasteiger partial charge in [0.15, 0.2) is 0 Å². The first-order chi connectivity index (χ1) is 15.9. The van der Waals surface area contributed by atoms with Gasteiger partial charge < -0.3 is 4.90 Å². The smallest absolute Gasteiger partial charge is 0.282 e. The van der Waals surface area contributed by atoms with Crippen molar-refractivity contribution in [2.45, 2.75) is 13.8 Å². The highest BCUT2D eigenvalue weighted by Gasteiger charge is 2.32. The Morgan fingerprint density at radius 1 is 1.00 bits per heavy atom. The summed E-state index contributed by atoms with van der Waals surface area (Å²) < 4.78 is 28.6. The summed E-state index contributed by atoms with van der Waals surface area (Å²) in [5.41, 5.74) is 2.64. The Hall–Kier alpha value is -2.52. The van der Waals surface area contributed by atoms with Crippen LogP contribution in [0.4, 0.5) is 0 Å². The lowest BCUT2D eigenvalue weighted by atomic mass is 10.0. The zero-order valence-corrected chi connectivity index (χ0v) is 20.3. The van der Waals surface area contributed by atoms with Crippen LogP contribution < -0.4 is 0 Å². The lowest BCUT2D eigenvalue weighted by Gasteiger charge is -2.36. The van der Waals surface area contributed by atoms with Crippen LogP contribution in [0.3, 0.4) is 0 Å². The van der Waals surface area contributed by atoms with Gasteiger partial charge in [0.2, 0.25) is 0 Å². The van der Waals surface area contributed by atoms with Gasteiger partial charge in [-0.25, -0.2) is 4.98 Å². The molecule has 174 valence electrons. The zero-order chi connectivity index (χ0) is 23.6. The molecule has 1 amide bonds. The van der Waals surface area contributed by atoms with Crippen molar-refractivity contribution < 1.29 is 13.2 Å². The number of rotatable bonds is 6. The Morgan fingerprint density at radius 2 is 1.64 bits per heavy atom. The van der Waals surface area contributed by atoms with E-state index in [0.717, 1.165) is 10.9 Å². The average molecular weight is 487 g/mol. The van der Waals surface area contributed by atoms with Crippen LogP contribution in [-0.4, -0.2) is 72.1 Å². The second-order valence-electron chi connectivity index (χ2n) is 7.84. The fourth-order valence-electron chi connectivity index (χ4n) is 4.16. The van der Waals surface area contributed by atoms with Gasteiger partial charge in [-0.1, -0.05) is 61.8 Å². The molecule has 0 unspecified atom stereocenters. The molecule has 1 aliphatic rings. The molecule has 4 rings (SSSR count). The normalized spacial score (nSPS) is 15.3. The van der Waals surface area contributed by atoms with E-state index in [1.165, 1.54) is 8.61 Å². The van der Waals surface area contributed by atoms with Gasteiger partial charge in [0.05, 0.1) is 16.8 Å². The first-order valence-corrected chi connectivity index (χ1v) is 12.8. The molecule has 0 radical (unpaired) electrons. The molecule has 2 heterocycles. The van der Waals surface area contributed by atoms with Gasteiger partial charge in [-0.3, -0.25) is 4.79 Å². The highest BCUT2D eigenvalue weighted by molar-refractivity contribution is 7.86. The van der Waals surface area contributed by atoms with Gasteiger partial charge in [-0.2, -0.15) is 17.0 Å². The standard InChI is InChI=1S/C24H27ClN4O3S/c1-3-28(4-2)33(31,32)29-15-13-27(14-16-29)24(30)20-17-23(19-10-5-7-11-21(19)25)26-22-12-8-6-9-18(20)22/h5-12,17H,3-4,13-16H2,1-2H3. The lowest BCUT2D eigenvalue weighted by molar-refractivity contribution is 0.0696. The van der Waals surface area contributed by atoms with Gasteiger partial charge in [-0.05, 0) is 18.2 Å². The zero-order valence-electron chi connectivity index (χ0n) is 18.7. The number of carbonyl (C=O) groups is 1. The number of aromatic nitrogens is 1. The highest BCUT2D eigenvalue weighted by Crippen LogP contribution is 2.30. The van der Waals surface area contributed by atoms with Crippen molar-refractivity contribution in [1.29, 1.82) is 0 Å². The van der Waals surface area contributed by atoms with Crippen LogP contribution in [0.5, 0.6) is 0 Å². The summed E-state index contributed by atoms with van der Waals surface area (Å²) in [5, 5.41) is 1.32. The summed E-state index contributed by atoms with van der Waals surface area (Å²) >= 11 is 6.40. The minimum Gasteiger partial charge on any atom is -0.336 e. The van der Waals surface area contributed by atoms with E-state index in [4.69, 9.17) is 16.6 Å². The lowest BCUT2D eigenvalue weighted by Crippen LogP contribution is -2.54. The molecule has 0 aliphatic carbocycles. The topological polar surface area (TPSA) is 73.8 Å². The molecule has 7 nitrogen and oxygen atoms in total. The number of piperazine rings is 1. The Balaban J connectivity index is 1.63. The van der Waals surface area contributed by atoms with E-state index in [2.05, 4.69) is 0 Å². The van der Waals surface area contributed by atoms with Gasteiger partial charge in [0.25, 0.3) is 16.1 Å². The van der Waals surface area contributed by atoms with Gasteiger partial charge >= 0.3 is 0 Å². The molecule has 1 saturated heterocycles. The molecule has 0 bridgehead atoms. The molecule has 0 atom stereocenters. The fraction of sp³-hybridized carbons (Fsp3) is 0.333. The van der Waals surface area contributed by atoms with Crippen LogP contribution in [0.2, 0.25) is 5.02 Å². The van der Waals surface area contributed by atoms with E-state index in [1.807, 2.05) is 56.3 Å². The minimum atomic E-state index is -3.52. The van der Waals surface area contributed by atoms with Crippen molar-refractivity contribution in [3.05, 3.63) is 65.2 Å². The number of hydrogen-bond acceptors (Lipinski definition) is 4. The van der Waals surface area contributed by atoms with Gasteiger partial charge in [0.1, 0.15) is 0 Å². The number of fused-ring (bicyclic) bond motifs is 1. The molecule has 3 aromatic rings. The number of pyridine rings is 1. The largest absolute Gasteiger partial charge is 0.336 e. The highest BCUT2D eigenvalue weighted by atomic mass is 35.5.